The number of carbonyl (C=O) groups is 1. The lowest BCUT2D eigenvalue weighted by atomic mass is 10.1. The number of halogens is 1. The number of thiophene rings is 1. The molecule has 0 atom stereocenters. The van der Waals surface area contributed by atoms with Gasteiger partial charge in [0.2, 0.25) is 5.91 Å². The first-order chi connectivity index (χ1) is 16.4. The van der Waals surface area contributed by atoms with Crippen LogP contribution in [0.25, 0.3) is 15.9 Å². The number of nitrogens with zero attached hydrogens (tertiary/aromatic N) is 3. The smallest absolute Gasteiger partial charge is 0.337 e. The summed E-state index contributed by atoms with van der Waals surface area (Å²) >= 11 is 1.34. The van der Waals surface area contributed by atoms with Crippen LogP contribution in [0.2, 0.25) is 0 Å². The zero-order valence-electron chi connectivity index (χ0n) is 18.7. The molecule has 0 radical (unpaired) electrons. The molecule has 0 spiro atoms. The van der Waals surface area contributed by atoms with E-state index in [0.717, 1.165) is 15.0 Å². The van der Waals surface area contributed by atoms with Crippen molar-refractivity contribution in [3.05, 3.63) is 91.2 Å². The molecular weight excluding hydrogens is 457 g/mol. The molecule has 34 heavy (non-hydrogen) atoms. The van der Waals surface area contributed by atoms with Gasteiger partial charge in [-0.1, -0.05) is 24.3 Å². The van der Waals surface area contributed by atoms with E-state index in [9.17, 15) is 18.8 Å². The van der Waals surface area contributed by atoms with Crippen molar-refractivity contribution < 1.29 is 13.9 Å². The Hall–Kier alpha value is -3.72. The predicted octanol–water partition coefficient (Wildman–Crippen LogP) is 3.31. The molecule has 4 aromatic rings. The van der Waals surface area contributed by atoms with Crippen LogP contribution in [-0.2, 0) is 24.3 Å². The molecule has 5 rings (SSSR count). The maximum absolute atomic E-state index is 13.9. The van der Waals surface area contributed by atoms with Crippen molar-refractivity contribution in [3.8, 4) is 11.4 Å². The van der Waals surface area contributed by atoms with Gasteiger partial charge in [-0.05, 0) is 41.8 Å². The Morgan fingerprint density at radius 2 is 1.94 bits per heavy atom. The number of para-hydroxylation sites is 2. The summed E-state index contributed by atoms with van der Waals surface area (Å²) in [5.74, 6) is -0.0423. The van der Waals surface area contributed by atoms with Gasteiger partial charge in [-0.25, -0.2) is 13.8 Å². The number of fused-ring (bicyclic) bond motifs is 3. The van der Waals surface area contributed by atoms with Gasteiger partial charge in [0.05, 0.1) is 31.3 Å². The molecule has 1 aliphatic rings. The fraction of sp³-hybridized carbons (Fsp3) is 0.240. The summed E-state index contributed by atoms with van der Waals surface area (Å²) in [7, 11) is 1.48. The first kappa shape index (κ1) is 22.1. The number of carbonyl (C=O) groups excluding carboxylic acids is 1. The Balaban J connectivity index is 1.82. The van der Waals surface area contributed by atoms with Gasteiger partial charge in [-0.2, -0.15) is 0 Å². The Morgan fingerprint density at radius 1 is 1.15 bits per heavy atom. The molecule has 2 aromatic carbocycles. The minimum absolute atomic E-state index is 0.0355. The topological polar surface area (TPSA) is 73.5 Å². The highest BCUT2D eigenvalue weighted by Crippen LogP contribution is 2.34. The fourth-order valence-electron chi connectivity index (χ4n) is 4.46. The third-order valence-corrected chi connectivity index (χ3v) is 7.36. The van der Waals surface area contributed by atoms with E-state index >= 15 is 0 Å². The zero-order chi connectivity index (χ0) is 24.0. The molecule has 174 valence electrons. The molecule has 0 N–H and O–H groups in total. The number of hydrogen-bond acceptors (Lipinski definition) is 5. The summed E-state index contributed by atoms with van der Waals surface area (Å²) in [6.45, 7) is 2.52. The molecule has 0 saturated carbocycles. The van der Waals surface area contributed by atoms with E-state index in [4.69, 9.17) is 4.74 Å². The summed E-state index contributed by atoms with van der Waals surface area (Å²) in [5.41, 5.74) is 0.850. The van der Waals surface area contributed by atoms with Crippen LogP contribution in [-0.4, -0.2) is 33.6 Å². The fourth-order valence-corrected chi connectivity index (χ4v) is 5.81. The van der Waals surface area contributed by atoms with Gasteiger partial charge >= 0.3 is 5.69 Å². The van der Waals surface area contributed by atoms with Crippen LogP contribution in [0.1, 0.15) is 22.9 Å². The highest BCUT2D eigenvalue weighted by atomic mass is 32.1. The van der Waals surface area contributed by atoms with E-state index in [1.54, 1.807) is 41.3 Å². The van der Waals surface area contributed by atoms with Crippen LogP contribution < -0.4 is 16.0 Å². The van der Waals surface area contributed by atoms with E-state index < -0.39 is 17.1 Å². The number of ether oxygens (including phenoxy) is 1. The minimum Gasteiger partial charge on any atom is -0.495 e. The summed E-state index contributed by atoms with van der Waals surface area (Å²) in [6.07, 6.45) is 0.522. The lowest BCUT2D eigenvalue weighted by Gasteiger charge is -2.25. The van der Waals surface area contributed by atoms with Crippen LogP contribution >= 0.6 is 11.3 Å². The van der Waals surface area contributed by atoms with Gasteiger partial charge in [0.25, 0.3) is 5.56 Å². The number of aromatic nitrogens is 2. The zero-order valence-corrected chi connectivity index (χ0v) is 19.5. The molecule has 7 nitrogen and oxygen atoms in total. The van der Waals surface area contributed by atoms with Crippen LogP contribution in [0, 0.1) is 5.82 Å². The normalized spacial score (nSPS) is 13.2. The quantitative estimate of drug-likeness (QED) is 0.450. The summed E-state index contributed by atoms with van der Waals surface area (Å²) in [5, 5.41) is 0.463. The van der Waals surface area contributed by atoms with Crippen molar-refractivity contribution in [2.75, 3.05) is 13.7 Å². The van der Waals surface area contributed by atoms with Crippen LogP contribution in [0.3, 0.4) is 0 Å². The van der Waals surface area contributed by atoms with Crippen molar-refractivity contribution in [2.24, 2.45) is 0 Å². The van der Waals surface area contributed by atoms with Crippen LogP contribution in [0.4, 0.5) is 4.39 Å². The number of benzene rings is 2. The highest BCUT2D eigenvalue weighted by molar-refractivity contribution is 7.18. The predicted molar refractivity (Wildman–Crippen MR) is 129 cm³/mol. The molecule has 3 heterocycles. The first-order valence-corrected chi connectivity index (χ1v) is 11.6. The molecule has 0 aliphatic carbocycles. The molecular formula is C25H22FN3O4S. The Bertz CT molecular complexity index is 1550. The highest BCUT2D eigenvalue weighted by Gasteiger charge is 2.28. The SMILES string of the molecule is COc1ccccc1-n1c(=O)c2c3c(sc2n(Cc2cccc(F)c2)c1=O)CN(C(C)=O)CC3. The third-order valence-electron chi connectivity index (χ3n) is 6.12. The van der Waals surface area contributed by atoms with E-state index in [0.29, 0.717) is 46.7 Å². The van der Waals surface area contributed by atoms with E-state index in [1.165, 1.54) is 42.1 Å². The van der Waals surface area contributed by atoms with Crippen molar-refractivity contribution in [1.29, 1.82) is 0 Å². The Morgan fingerprint density at radius 3 is 2.68 bits per heavy atom. The third kappa shape index (κ3) is 3.62. The maximum atomic E-state index is 13.9. The average Bonchev–Trinajstić information content (AvgIpc) is 3.21. The lowest BCUT2D eigenvalue weighted by Crippen LogP contribution is -2.39. The van der Waals surface area contributed by atoms with Crippen LogP contribution in [0.5, 0.6) is 5.75 Å². The van der Waals surface area contributed by atoms with E-state index in [-0.39, 0.29) is 12.5 Å². The molecule has 0 fully saturated rings. The van der Waals surface area contributed by atoms with Gasteiger partial charge in [0.1, 0.15) is 16.4 Å². The second-order valence-corrected chi connectivity index (χ2v) is 9.27. The molecule has 0 bridgehead atoms. The standard InChI is InChI=1S/C25H22FN3O4S/c1-15(30)27-11-10-18-21(14-27)34-24-22(18)23(31)29(19-8-3-4-9-20(19)33-2)25(32)28(24)13-16-6-5-7-17(26)12-16/h3-9,12H,10-11,13-14H2,1-2H3. The Kier molecular flexibility index (Phi) is 5.57. The maximum Gasteiger partial charge on any atom is 0.337 e. The van der Waals surface area contributed by atoms with Crippen molar-refractivity contribution in [2.45, 2.75) is 26.4 Å². The summed E-state index contributed by atoms with van der Waals surface area (Å²) in [6, 6.07) is 12.9. The van der Waals surface area contributed by atoms with Crippen molar-refractivity contribution in [3.63, 3.8) is 0 Å². The monoisotopic (exact) mass is 479 g/mol. The van der Waals surface area contributed by atoms with Gasteiger partial charge in [-0.3, -0.25) is 14.2 Å². The first-order valence-electron chi connectivity index (χ1n) is 10.8. The minimum atomic E-state index is -0.534. The molecule has 9 heteroatoms. The molecule has 2 aromatic heterocycles. The lowest BCUT2D eigenvalue weighted by molar-refractivity contribution is -0.129. The summed E-state index contributed by atoms with van der Waals surface area (Å²) < 4.78 is 22.0. The van der Waals surface area contributed by atoms with Gasteiger partial charge in [0, 0.05) is 18.3 Å². The second-order valence-electron chi connectivity index (χ2n) is 8.19. The second kappa shape index (κ2) is 8.57. The largest absolute Gasteiger partial charge is 0.495 e. The number of methoxy groups -OCH3 is 1. The number of hydrogen-bond donors (Lipinski definition) is 0. The molecule has 0 saturated heterocycles. The average molecular weight is 480 g/mol. The van der Waals surface area contributed by atoms with Gasteiger partial charge in [-0.15, -0.1) is 11.3 Å². The van der Waals surface area contributed by atoms with Crippen LogP contribution in [0.15, 0.2) is 58.1 Å². The molecule has 1 aliphatic heterocycles. The number of rotatable bonds is 4. The number of amides is 1. The van der Waals surface area contributed by atoms with E-state index in [1.807, 2.05) is 0 Å². The van der Waals surface area contributed by atoms with Crippen molar-refractivity contribution in [1.82, 2.24) is 14.0 Å². The summed E-state index contributed by atoms with van der Waals surface area (Å²) in [4.78, 5) is 42.6. The van der Waals surface area contributed by atoms with E-state index in [2.05, 4.69) is 0 Å². The Labute approximate surface area is 198 Å². The van der Waals surface area contributed by atoms with Gasteiger partial charge in [0.15, 0.2) is 0 Å². The van der Waals surface area contributed by atoms with Gasteiger partial charge < -0.3 is 9.64 Å². The molecule has 0 unspecified atom stereocenters. The molecule has 1 amide bonds. The van der Waals surface area contributed by atoms with Crippen molar-refractivity contribution >= 4 is 27.5 Å².